The fourth-order valence-electron chi connectivity index (χ4n) is 1.82. The Morgan fingerprint density at radius 3 is 2.65 bits per heavy atom. The molecule has 0 fully saturated rings. The van der Waals surface area contributed by atoms with Crippen LogP contribution in [0.2, 0.25) is 0 Å². The van der Waals surface area contributed by atoms with Gasteiger partial charge < -0.3 is 0 Å². The Morgan fingerprint density at radius 2 is 1.94 bits per heavy atom. The van der Waals surface area contributed by atoms with Crippen LogP contribution in [0.5, 0.6) is 0 Å². The van der Waals surface area contributed by atoms with Crippen molar-refractivity contribution in [3.63, 3.8) is 0 Å². The second kappa shape index (κ2) is 3.90. The summed E-state index contributed by atoms with van der Waals surface area (Å²) in [6.45, 7) is 1.99. The van der Waals surface area contributed by atoms with E-state index in [0.717, 1.165) is 17.1 Å². The van der Waals surface area contributed by atoms with Crippen molar-refractivity contribution < 1.29 is 0 Å². The summed E-state index contributed by atoms with van der Waals surface area (Å²) in [6, 6.07) is 10.1. The molecule has 3 rings (SSSR count). The second-order valence-electron chi connectivity index (χ2n) is 3.86. The largest absolute Gasteiger partial charge is 0.243 e. The molecule has 2 aromatic heterocycles. The number of hydrogen-bond donors (Lipinski definition) is 0. The van der Waals surface area contributed by atoms with Gasteiger partial charge in [-0.15, -0.1) is 0 Å². The first-order chi connectivity index (χ1) is 8.34. The molecule has 0 aliphatic carbocycles. The van der Waals surface area contributed by atoms with Crippen LogP contribution >= 0.6 is 0 Å². The lowest BCUT2D eigenvalue weighted by molar-refractivity contribution is 0.664. The molecule has 4 heteroatoms. The molecular formula is C13H12N4. The zero-order valence-electron chi connectivity index (χ0n) is 9.49. The van der Waals surface area contributed by atoms with Gasteiger partial charge in [0.2, 0.25) is 0 Å². The Labute approximate surface area is 99.2 Å². The predicted molar refractivity (Wildman–Crippen MR) is 65.4 cm³/mol. The lowest BCUT2D eigenvalue weighted by Crippen LogP contribution is -2.06. The zero-order chi connectivity index (χ0) is 11.7. The molecule has 2 heterocycles. The fraction of sp³-hybridized carbons (Fsp3) is 0.0769. The van der Waals surface area contributed by atoms with Crippen molar-refractivity contribution in [1.82, 2.24) is 19.3 Å². The normalized spacial score (nSPS) is 10.6. The molecule has 0 saturated heterocycles. The minimum atomic E-state index is 0.918. The van der Waals surface area contributed by atoms with Gasteiger partial charge in [-0.05, 0) is 6.92 Å². The van der Waals surface area contributed by atoms with Crippen LogP contribution in [0.1, 0.15) is 5.69 Å². The standard InChI is InChI=1S/C13H12N4/c1-11-9-17(16-8-7-14-10-16)13(15-11)12-5-3-2-4-6-12/h2-10H,1H3. The van der Waals surface area contributed by atoms with Gasteiger partial charge in [-0.3, -0.25) is 0 Å². The van der Waals surface area contributed by atoms with Crippen LogP contribution in [0.15, 0.2) is 55.2 Å². The monoisotopic (exact) mass is 224 g/mol. The summed E-state index contributed by atoms with van der Waals surface area (Å²) in [5, 5.41) is 0. The molecule has 17 heavy (non-hydrogen) atoms. The van der Waals surface area contributed by atoms with Crippen molar-refractivity contribution in [2.45, 2.75) is 6.92 Å². The van der Waals surface area contributed by atoms with Gasteiger partial charge in [0.1, 0.15) is 6.33 Å². The topological polar surface area (TPSA) is 35.6 Å². The Balaban J connectivity index is 2.18. The summed E-state index contributed by atoms with van der Waals surface area (Å²) in [5.41, 5.74) is 2.08. The van der Waals surface area contributed by atoms with Gasteiger partial charge in [-0.2, -0.15) is 0 Å². The molecule has 4 nitrogen and oxygen atoms in total. The van der Waals surface area contributed by atoms with E-state index in [4.69, 9.17) is 0 Å². The first-order valence-electron chi connectivity index (χ1n) is 5.44. The average Bonchev–Trinajstić information content (AvgIpc) is 2.98. The molecule has 84 valence electrons. The molecular weight excluding hydrogens is 212 g/mol. The molecule has 0 radical (unpaired) electrons. The van der Waals surface area contributed by atoms with Crippen molar-refractivity contribution in [2.24, 2.45) is 0 Å². The fourth-order valence-corrected chi connectivity index (χ4v) is 1.82. The summed E-state index contributed by atoms with van der Waals surface area (Å²) in [7, 11) is 0. The van der Waals surface area contributed by atoms with Gasteiger partial charge >= 0.3 is 0 Å². The van der Waals surface area contributed by atoms with Gasteiger partial charge in [-0.25, -0.2) is 19.3 Å². The second-order valence-corrected chi connectivity index (χ2v) is 3.86. The van der Waals surface area contributed by atoms with Crippen LogP contribution in [0.4, 0.5) is 0 Å². The highest BCUT2D eigenvalue weighted by atomic mass is 15.5. The molecule has 0 amide bonds. The quantitative estimate of drug-likeness (QED) is 0.670. The highest BCUT2D eigenvalue weighted by Gasteiger charge is 2.08. The van der Waals surface area contributed by atoms with E-state index in [1.54, 1.807) is 12.5 Å². The molecule has 1 aromatic carbocycles. The number of benzene rings is 1. The van der Waals surface area contributed by atoms with Crippen molar-refractivity contribution in [2.75, 3.05) is 0 Å². The molecule has 0 bridgehead atoms. The lowest BCUT2D eigenvalue weighted by atomic mass is 10.2. The third-order valence-electron chi connectivity index (χ3n) is 2.58. The van der Waals surface area contributed by atoms with Crippen LogP contribution in [-0.4, -0.2) is 19.3 Å². The third-order valence-corrected chi connectivity index (χ3v) is 2.58. The molecule has 0 unspecified atom stereocenters. The number of imidazole rings is 2. The van der Waals surface area contributed by atoms with E-state index in [1.165, 1.54) is 0 Å². The van der Waals surface area contributed by atoms with E-state index in [9.17, 15) is 0 Å². The van der Waals surface area contributed by atoms with Crippen molar-refractivity contribution >= 4 is 0 Å². The molecule has 0 atom stereocenters. The van der Waals surface area contributed by atoms with Crippen LogP contribution in [0.3, 0.4) is 0 Å². The number of hydrogen-bond acceptors (Lipinski definition) is 2. The van der Waals surface area contributed by atoms with Crippen LogP contribution < -0.4 is 0 Å². The highest BCUT2D eigenvalue weighted by molar-refractivity contribution is 5.55. The van der Waals surface area contributed by atoms with E-state index in [0.29, 0.717) is 0 Å². The summed E-state index contributed by atoms with van der Waals surface area (Å²) >= 11 is 0. The van der Waals surface area contributed by atoms with Crippen LogP contribution in [0.25, 0.3) is 11.4 Å². The van der Waals surface area contributed by atoms with Gasteiger partial charge in [0.05, 0.1) is 11.9 Å². The maximum Gasteiger partial charge on any atom is 0.159 e. The minimum Gasteiger partial charge on any atom is -0.243 e. The van der Waals surface area contributed by atoms with Crippen molar-refractivity contribution in [1.29, 1.82) is 0 Å². The van der Waals surface area contributed by atoms with Gasteiger partial charge in [-0.1, -0.05) is 30.3 Å². The molecule has 0 spiro atoms. The molecule has 0 aliphatic rings. The molecule has 3 aromatic rings. The summed E-state index contributed by atoms with van der Waals surface area (Å²) < 4.78 is 3.89. The Kier molecular flexibility index (Phi) is 2.26. The van der Waals surface area contributed by atoms with Gasteiger partial charge in [0, 0.05) is 18.0 Å². The van der Waals surface area contributed by atoms with E-state index in [2.05, 4.69) is 22.1 Å². The summed E-state index contributed by atoms with van der Waals surface area (Å²) in [6.07, 6.45) is 7.40. The van der Waals surface area contributed by atoms with Crippen LogP contribution in [-0.2, 0) is 0 Å². The van der Waals surface area contributed by atoms with E-state index in [-0.39, 0.29) is 0 Å². The Bertz CT molecular complexity index is 608. The predicted octanol–water partition coefficient (Wildman–Crippen LogP) is 2.37. The highest BCUT2D eigenvalue weighted by Crippen LogP contribution is 2.18. The van der Waals surface area contributed by atoms with Gasteiger partial charge in [0.25, 0.3) is 0 Å². The first kappa shape index (κ1) is 9.84. The molecule has 0 N–H and O–H groups in total. The van der Waals surface area contributed by atoms with Crippen LogP contribution in [0, 0.1) is 6.92 Å². The lowest BCUT2D eigenvalue weighted by Gasteiger charge is -2.07. The Hall–Kier alpha value is -2.36. The number of aryl methyl sites for hydroxylation is 1. The first-order valence-corrected chi connectivity index (χ1v) is 5.44. The van der Waals surface area contributed by atoms with Crippen molar-refractivity contribution in [3.05, 3.63) is 60.9 Å². The number of rotatable bonds is 2. The molecule has 0 saturated carbocycles. The van der Waals surface area contributed by atoms with Crippen molar-refractivity contribution in [3.8, 4) is 11.4 Å². The number of aromatic nitrogens is 4. The smallest absolute Gasteiger partial charge is 0.159 e. The average molecular weight is 224 g/mol. The SMILES string of the molecule is Cc1cn(-n2ccnc2)c(-c2ccccc2)n1. The van der Waals surface area contributed by atoms with Gasteiger partial charge in [0.15, 0.2) is 5.82 Å². The number of nitrogens with zero attached hydrogens (tertiary/aromatic N) is 4. The summed E-state index contributed by atoms with van der Waals surface area (Å²) in [4.78, 5) is 8.61. The molecule has 0 aliphatic heterocycles. The minimum absolute atomic E-state index is 0.918. The van der Waals surface area contributed by atoms with E-state index in [1.807, 2.05) is 46.9 Å². The Morgan fingerprint density at radius 1 is 1.12 bits per heavy atom. The zero-order valence-corrected chi connectivity index (χ0v) is 9.49. The third kappa shape index (κ3) is 1.73. The summed E-state index contributed by atoms with van der Waals surface area (Å²) in [5.74, 6) is 0.918. The van der Waals surface area contributed by atoms with E-state index >= 15 is 0 Å². The maximum atomic E-state index is 4.55. The van der Waals surface area contributed by atoms with E-state index < -0.39 is 0 Å². The maximum absolute atomic E-state index is 4.55.